The van der Waals surface area contributed by atoms with E-state index >= 15 is 0 Å². The summed E-state index contributed by atoms with van der Waals surface area (Å²) >= 11 is 0. The van der Waals surface area contributed by atoms with Crippen molar-refractivity contribution in [2.45, 2.75) is 13.2 Å². The Balaban J connectivity index is 1.93. The zero-order chi connectivity index (χ0) is 10.7. The van der Waals surface area contributed by atoms with E-state index in [2.05, 4.69) is 15.2 Å². The van der Waals surface area contributed by atoms with E-state index in [0.29, 0.717) is 24.0 Å². The van der Waals surface area contributed by atoms with Crippen LogP contribution in [0.5, 0.6) is 6.01 Å². The second-order valence-corrected chi connectivity index (χ2v) is 2.98. The van der Waals surface area contributed by atoms with Crippen molar-refractivity contribution in [3.63, 3.8) is 0 Å². The molecule has 2 N–H and O–H groups in total. The van der Waals surface area contributed by atoms with Gasteiger partial charge in [-0.2, -0.15) is 4.98 Å². The van der Waals surface area contributed by atoms with Crippen molar-refractivity contribution in [3.05, 3.63) is 23.8 Å². The van der Waals surface area contributed by atoms with Crippen LogP contribution in [0.1, 0.15) is 11.5 Å². The van der Waals surface area contributed by atoms with Crippen molar-refractivity contribution < 1.29 is 9.26 Å². The van der Waals surface area contributed by atoms with E-state index in [0.717, 1.165) is 0 Å². The van der Waals surface area contributed by atoms with Crippen LogP contribution in [0.2, 0.25) is 0 Å². The van der Waals surface area contributed by atoms with Gasteiger partial charge >= 0.3 is 6.01 Å². The first-order valence-corrected chi connectivity index (χ1v) is 4.41. The lowest BCUT2D eigenvalue weighted by Gasteiger charge is -1.95. The summed E-state index contributed by atoms with van der Waals surface area (Å²) in [4.78, 5) is 3.90. The van der Waals surface area contributed by atoms with E-state index < -0.39 is 0 Å². The molecule has 0 bridgehead atoms. The molecular weight excluding hydrogens is 198 g/mol. The molecule has 0 spiro atoms. The molecule has 7 heteroatoms. The number of nitrogens with two attached hydrogens (primary N) is 1. The average molecular weight is 209 g/mol. The first-order chi connectivity index (χ1) is 7.28. The smallest absolute Gasteiger partial charge is 0.335 e. The van der Waals surface area contributed by atoms with Gasteiger partial charge < -0.3 is 15.0 Å². The van der Waals surface area contributed by atoms with Gasteiger partial charge in [0, 0.05) is 19.7 Å². The Morgan fingerprint density at radius 3 is 3.07 bits per heavy atom. The molecule has 0 aliphatic heterocycles. The van der Waals surface area contributed by atoms with Gasteiger partial charge in [-0.3, -0.25) is 4.68 Å². The van der Waals surface area contributed by atoms with Gasteiger partial charge in [-0.05, 0) is 0 Å². The molecule has 2 aromatic rings. The molecule has 80 valence electrons. The van der Waals surface area contributed by atoms with Gasteiger partial charge in [-0.25, -0.2) is 0 Å². The number of rotatable bonds is 4. The van der Waals surface area contributed by atoms with Gasteiger partial charge in [0.15, 0.2) is 12.4 Å². The van der Waals surface area contributed by atoms with E-state index in [1.807, 2.05) is 0 Å². The molecule has 0 aliphatic carbocycles. The fourth-order valence-electron chi connectivity index (χ4n) is 1.04. The van der Waals surface area contributed by atoms with Crippen molar-refractivity contribution in [2.24, 2.45) is 12.8 Å². The SMILES string of the molecule is Cn1cnc(OCc2cc(CN)no2)n1. The third kappa shape index (κ3) is 2.32. The molecular formula is C8H11N5O2. The van der Waals surface area contributed by atoms with Crippen LogP contribution in [0.15, 0.2) is 16.9 Å². The minimum absolute atomic E-state index is 0.247. The molecule has 0 unspecified atom stereocenters. The lowest BCUT2D eigenvalue weighted by Crippen LogP contribution is -1.97. The van der Waals surface area contributed by atoms with E-state index in [9.17, 15) is 0 Å². The van der Waals surface area contributed by atoms with E-state index in [4.69, 9.17) is 15.0 Å². The molecule has 0 fully saturated rings. The zero-order valence-electron chi connectivity index (χ0n) is 8.25. The Hall–Kier alpha value is -1.89. The van der Waals surface area contributed by atoms with Crippen LogP contribution >= 0.6 is 0 Å². The van der Waals surface area contributed by atoms with Gasteiger partial charge in [0.05, 0.1) is 5.69 Å². The Kier molecular flexibility index (Phi) is 2.64. The normalized spacial score (nSPS) is 10.5. The molecule has 7 nitrogen and oxygen atoms in total. The largest absolute Gasteiger partial charge is 0.454 e. The number of ether oxygens (including phenoxy) is 1. The fourth-order valence-corrected chi connectivity index (χ4v) is 1.04. The number of hydrogen-bond acceptors (Lipinski definition) is 6. The Bertz CT molecular complexity index is 436. The van der Waals surface area contributed by atoms with Crippen LogP contribution in [0.4, 0.5) is 0 Å². The topological polar surface area (TPSA) is 92.0 Å². The highest BCUT2D eigenvalue weighted by atomic mass is 16.5. The maximum atomic E-state index is 5.38. The van der Waals surface area contributed by atoms with Crippen LogP contribution in [0.25, 0.3) is 0 Å². The Morgan fingerprint density at radius 2 is 2.47 bits per heavy atom. The van der Waals surface area contributed by atoms with Crippen LogP contribution in [0, 0.1) is 0 Å². The summed E-state index contributed by atoms with van der Waals surface area (Å²) < 4.78 is 11.8. The number of aryl methyl sites for hydroxylation is 1. The van der Waals surface area contributed by atoms with Crippen molar-refractivity contribution in [1.82, 2.24) is 19.9 Å². The maximum Gasteiger partial charge on any atom is 0.335 e. The number of nitrogens with zero attached hydrogens (tertiary/aromatic N) is 4. The standard InChI is InChI=1S/C8H11N5O2/c1-13-5-10-8(11-13)14-4-7-2-6(3-9)12-15-7/h2,5H,3-4,9H2,1H3. The van der Waals surface area contributed by atoms with Crippen LogP contribution in [-0.4, -0.2) is 19.9 Å². The Morgan fingerprint density at radius 1 is 1.60 bits per heavy atom. The highest BCUT2D eigenvalue weighted by molar-refractivity contribution is 5.04. The average Bonchev–Trinajstić information content (AvgIpc) is 2.83. The van der Waals surface area contributed by atoms with Crippen molar-refractivity contribution in [3.8, 4) is 6.01 Å². The lowest BCUT2D eigenvalue weighted by molar-refractivity contribution is 0.232. The van der Waals surface area contributed by atoms with Crippen LogP contribution < -0.4 is 10.5 Å². The Labute approximate surface area is 85.8 Å². The number of hydrogen-bond donors (Lipinski definition) is 1. The molecule has 2 rings (SSSR count). The van der Waals surface area contributed by atoms with Crippen molar-refractivity contribution in [2.75, 3.05) is 0 Å². The molecule has 2 aromatic heterocycles. The molecule has 0 atom stereocenters. The summed E-state index contributed by atoms with van der Waals surface area (Å²) in [5, 5.41) is 7.68. The molecule has 0 radical (unpaired) electrons. The summed E-state index contributed by atoms with van der Waals surface area (Å²) in [7, 11) is 1.76. The third-order valence-electron chi connectivity index (χ3n) is 1.74. The molecule has 15 heavy (non-hydrogen) atoms. The number of aromatic nitrogens is 4. The monoisotopic (exact) mass is 209 g/mol. The van der Waals surface area contributed by atoms with Crippen LogP contribution in [-0.2, 0) is 20.2 Å². The summed E-state index contributed by atoms with van der Waals surface area (Å²) in [5.74, 6) is 0.600. The van der Waals surface area contributed by atoms with Gasteiger partial charge in [0.2, 0.25) is 0 Å². The molecule has 0 aromatic carbocycles. The predicted octanol–water partition coefficient (Wildman–Crippen LogP) is -0.159. The highest BCUT2D eigenvalue weighted by Gasteiger charge is 2.05. The van der Waals surface area contributed by atoms with E-state index in [1.54, 1.807) is 24.1 Å². The molecule has 0 aliphatic rings. The van der Waals surface area contributed by atoms with Gasteiger partial charge in [-0.1, -0.05) is 5.16 Å². The van der Waals surface area contributed by atoms with Gasteiger partial charge in [-0.15, -0.1) is 5.10 Å². The molecule has 2 heterocycles. The van der Waals surface area contributed by atoms with Gasteiger partial charge in [0.1, 0.15) is 6.33 Å². The first-order valence-electron chi connectivity index (χ1n) is 4.41. The second-order valence-electron chi connectivity index (χ2n) is 2.98. The summed E-state index contributed by atoms with van der Waals surface area (Å²) in [5.41, 5.74) is 6.08. The second kappa shape index (κ2) is 4.09. The summed E-state index contributed by atoms with van der Waals surface area (Å²) in [6, 6.07) is 2.05. The minimum atomic E-state index is 0.247. The van der Waals surface area contributed by atoms with Crippen molar-refractivity contribution in [1.29, 1.82) is 0 Å². The van der Waals surface area contributed by atoms with Crippen LogP contribution in [0.3, 0.4) is 0 Å². The summed E-state index contributed by atoms with van der Waals surface area (Å²) in [6.07, 6.45) is 1.56. The van der Waals surface area contributed by atoms with Gasteiger partial charge in [0.25, 0.3) is 0 Å². The molecule has 0 saturated heterocycles. The third-order valence-corrected chi connectivity index (χ3v) is 1.74. The van der Waals surface area contributed by atoms with Crippen molar-refractivity contribution >= 4 is 0 Å². The predicted molar refractivity (Wildman–Crippen MR) is 49.7 cm³/mol. The lowest BCUT2D eigenvalue weighted by atomic mass is 10.4. The van der Waals surface area contributed by atoms with E-state index in [-0.39, 0.29) is 6.61 Å². The van der Waals surface area contributed by atoms with E-state index in [1.165, 1.54) is 0 Å². The zero-order valence-corrected chi connectivity index (χ0v) is 8.25. The molecule has 0 amide bonds. The highest BCUT2D eigenvalue weighted by Crippen LogP contribution is 2.07. The molecule has 0 saturated carbocycles. The first kappa shape index (κ1) is 9.66. The quantitative estimate of drug-likeness (QED) is 0.752. The minimum Gasteiger partial charge on any atom is -0.454 e. The summed E-state index contributed by atoms with van der Waals surface area (Å²) in [6.45, 7) is 0.600. The maximum absolute atomic E-state index is 5.38. The fraction of sp³-hybridized carbons (Fsp3) is 0.375.